The van der Waals surface area contributed by atoms with E-state index in [-0.39, 0.29) is 28.6 Å². The third kappa shape index (κ3) is 6.63. The summed E-state index contributed by atoms with van der Waals surface area (Å²) in [5.74, 6) is 0.420. The van der Waals surface area contributed by atoms with E-state index in [4.69, 9.17) is 28.9 Å². The fraction of sp³-hybridized carbons (Fsp3) is 0.406. The second-order valence-electron chi connectivity index (χ2n) is 11.9. The molecule has 0 bridgehead atoms. The maximum Gasteiger partial charge on any atom is 0.248 e. The van der Waals surface area contributed by atoms with Crippen molar-refractivity contribution >= 4 is 39.1 Å². The van der Waals surface area contributed by atoms with Crippen molar-refractivity contribution in [2.24, 2.45) is 17.6 Å². The topological polar surface area (TPSA) is 117 Å². The lowest BCUT2D eigenvalue weighted by Gasteiger charge is -2.39. The van der Waals surface area contributed by atoms with Crippen LogP contribution in [0.1, 0.15) is 59.5 Å². The standard InChI is InChI=1S/C32H37Cl2N5O3S/c33-24-9-4-20(5-10-24)30(21-6-11-25(34)12-7-21)22-8-13-29-28(19-22)32(38-37-29)36-26-14-16-39(17-15-26)43(41,42)27-3-1-2-23(18-27)31(35)40/h1-7,9-12,18,22,26,28-30,32,36-38H,8,13-17,19H2,(H2,35,40). The highest BCUT2D eigenvalue weighted by molar-refractivity contribution is 7.89. The van der Waals surface area contributed by atoms with Gasteiger partial charge in [0, 0.05) is 52.6 Å². The second kappa shape index (κ2) is 12.9. The van der Waals surface area contributed by atoms with Crippen molar-refractivity contribution in [3.63, 3.8) is 0 Å². The van der Waals surface area contributed by atoms with E-state index >= 15 is 0 Å². The van der Waals surface area contributed by atoms with Crippen LogP contribution in [-0.2, 0) is 10.0 Å². The molecule has 2 aliphatic heterocycles. The quantitative estimate of drug-likeness (QED) is 0.278. The summed E-state index contributed by atoms with van der Waals surface area (Å²) in [6, 6.07) is 22.9. The average Bonchev–Trinajstić information content (AvgIpc) is 3.41. The summed E-state index contributed by atoms with van der Waals surface area (Å²) < 4.78 is 28.1. The zero-order valence-corrected chi connectivity index (χ0v) is 26.1. The van der Waals surface area contributed by atoms with Gasteiger partial charge in [-0.2, -0.15) is 4.31 Å². The van der Waals surface area contributed by atoms with Gasteiger partial charge in [0.25, 0.3) is 0 Å². The number of rotatable bonds is 8. The van der Waals surface area contributed by atoms with E-state index in [1.165, 1.54) is 33.6 Å². The van der Waals surface area contributed by atoms with Crippen LogP contribution in [0.15, 0.2) is 77.7 Å². The molecule has 0 spiro atoms. The third-order valence-electron chi connectivity index (χ3n) is 9.35. The van der Waals surface area contributed by atoms with Crippen LogP contribution < -0.4 is 21.9 Å². The molecule has 1 aliphatic carbocycles. The van der Waals surface area contributed by atoms with Crippen molar-refractivity contribution in [2.75, 3.05) is 13.1 Å². The Morgan fingerprint density at radius 2 is 1.51 bits per heavy atom. The van der Waals surface area contributed by atoms with Crippen molar-refractivity contribution in [3.8, 4) is 0 Å². The van der Waals surface area contributed by atoms with Gasteiger partial charge in [-0.05, 0) is 91.6 Å². The maximum atomic E-state index is 13.3. The average molecular weight is 643 g/mol. The molecule has 11 heteroatoms. The summed E-state index contributed by atoms with van der Waals surface area (Å²) >= 11 is 12.5. The number of hydrogen-bond acceptors (Lipinski definition) is 6. The van der Waals surface area contributed by atoms with Gasteiger partial charge in [-0.15, -0.1) is 0 Å². The van der Waals surface area contributed by atoms with Gasteiger partial charge in [-0.25, -0.2) is 13.8 Å². The summed E-state index contributed by atoms with van der Waals surface area (Å²) in [5, 5.41) is 5.28. The SMILES string of the molecule is NC(=O)c1cccc(S(=O)(=O)N2CCC(NC3NNC4CCC(C(c5ccc(Cl)cc5)c5ccc(Cl)cc5)CC43)CC2)c1. The number of nitrogens with two attached hydrogens (primary N) is 1. The molecule has 3 aromatic rings. The lowest BCUT2D eigenvalue weighted by molar-refractivity contribution is 0.1000. The zero-order chi connectivity index (χ0) is 30.1. The van der Waals surface area contributed by atoms with E-state index in [2.05, 4.69) is 40.4 Å². The Hall–Kier alpha value is -2.50. The van der Waals surface area contributed by atoms with E-state index in [1.54, 1.807) is 6.07 Å². The Bertz CT molecular complexity index is 1500. The van der Waals surface area contributed by atoms with Gasteiger partial charge in [-0.3, -0.25) is 15.5 Å². The third-order valence-corrected chi connectivity index (χ3v) is 11.7. The van der Waals surface area contributed by atoms with Crippen LogP contribution in [0.5, 0.6) is 0 Å². The Labute approximate surface area is 263 Å². The number of halogens is 2. The van der Waals surface area contributed by atoms with Gasteiger partial charge in [-0.1, -0.05) is 53.5 Å². The number of benzene rings is 3. The summed E-state index contributed by atoms with van der Waals surface area (Å²) in [7, 11) is -3.71. The first-order valence-corrected chi connectivity index (χ1v) is 17.1. The normalized spacial score (nSPS) is 25.1. The van der Waals surface area contributed by atoms with E-state index < -0.39 is 15.9 Å². The van der Waals surface area contributed by atoms with Crippen LogP contribution in [0.25, 0.3) is 0 Å². The van der Waals surface area contributed by atoms with Crippen molar-refractivity contribution in [3.05, 3.63) is 99.5 Å². The van der Waals surface area contributed by atoms with Crippen molar-refractivity contribution < 1.29 is 13.2 Å². The van der Waals surface area contributed by atoms with Crippen LogP contribution in [-0.4, -0.2) is 50.0 Å². The van der Waals surface area contributed by atoms with E-state index in [0.717, 1.165) is 29.3 Å². The minimum atomic E-state index is -3.71. The number of nitrogens with zero attached hydrogens (tertiary/aromatic N) is 1. The number of hydrogen-bond donors (Lipinski definition) is 4. The van der Waals surface area contributed by atoms with Gasteiger partial charge in [0.15, 0.2) is 0 Å². The molecule has 3 aliphatic rings. The summed E-state index contributed by atoms with van der Waals surface area (Å²) in [4.78, 5) is 11.7. The Balaban J connectivity index is 1.12. The van der Waals surface area contributed by atoms with Crippen LogP contribution in [0.4, 0.5) is 0 Å². The molecule has 4 atom stereocenters. The molecule has 5 N–H and O–H groups in total. The van der Waals surface area contributed by atoms with Crippen LogP contribution in [0.2, 0.25) is 10.0 Å². The molecule has 2 heterocycles. The number of carbonyl (C=O) groups excluding carboxylic acids is 1. The molecule has 1 saturated carbocycles. The van der Waals surface area contributed by atoms with Crippen LogP contribution >= 0.6 is 23.2 Å². The van der Waals surface area contributed by atoms with Gasteiger partial charge in [0.1, 0.15) is 0 Å². The van der Waals surface area contributed by atoms with Gasteiger partial charge < -0.3 is 5.73 Å². The number of hydrazine groups is 1. The minimum absolute atomic E-state index is 0.0873. The molecule has 43 heavy (non-hydrogen) atoms. The maximum absolute atomic E-state index is 13.3. The van der Waals surface area contributed by atoms with Gasteiger partial charge in [0.05, 0.1) is 11.1 Å². The monoisotopic (exact) mass is 641 g/mol. The first-order valence-electron chi connectivity index (χ1n) is 14.9. The van der Waals surface area contributed by atoms with E-state index in [0.29, 0.717) is 43.8 Å². The fourth-order valence-corrected chi connectivity index (χ4v) is 8.88. The molecule has 0 radical (unpaired) electrons. The number of nitrogens with one attached hydrogen (secondary N) is 3. The molecule has 3 aromatic carbocycles. The molecular formula is C32H37Cl2N5O3S. The summed E-state index contributed by atoms with van der Waals surface area (Å²) in [5.41, 5.74) is 15.1. The fourth-order valence-electron chi connectivity index (χ4n) is 7.11. The lowest BCUT2D eigenvalue weighted by atomic mass is 9.68. The Kier molecular flexibility index (Phi) is 9.12. The van der Waals surface area contributed by atoms with Crippen LogP contribution in [0, 0.1) is 11.8 Å². The molecule has 6 rings (SSSR count). The number of piperidine rings is 1. The molecular weight excluding hydrogens is 605 g/mol. The largest absolute Gasteiger partial charge is 0.366 e. The van der Waals surface area contributed by atoms with Crippen molar-refractivity contribution in [1.29, 1.82) is 0 Å². The van der Waals surface area contributed by atoms with Crippen molar-refractivity contribution in [2.45, 2.75) is 61.2 Å². The highest BCUT2D eigenvalue weighted by atomic mass is 35.5. The predicted octanol–water partition coefficient (Wildman–Crippen LogP) is 4.89. The number of primary amides is 1. The first-order chi connectivity index (χ1) is 20.7. The Morgan fingerprint density at radius 3 is 2.12 bits per heavy atom. The van der Waals surface area contributed by atoms with Crippen molar-refractivity contribution in [1.82, 2.24) is 20.5 Å². The van der Waals surface area contributed by atoms with Gasteiger partial charge >= 0.3 is 0 Å². The summed E-state index contributed by atoms with van der Waals surface area (Å²) in [6.07, 6.45) is 4.70. The van der Waals surface area contributed by atoms with Gasteiger partial charge in [0.2, 0.25) is 15.9 Å². The predicted molar refractivity (Wildman–Crippen MR) is 169 cm³/mol. The minimum Gasteiger partial charge on any atom is -0.366 e. The lowest BCUT2D eigenvalue weighted by Crippen LogP contribution is -2.53. The Morgan fingerprint density at radius 1 is 0.884 bits per heavy atom. The first kappa shape index (κ1) is 30.5. The molecule has 1 amide bonds. The number of amides is 1. The smallest absolute Gasteiger partial charge is 0.248 e. The van der Waals surface area contributed by atoms with E-state index in [9.17, 15) is 13.2 Å². The molecule has 3 fully saturated rings. The second-order valence-corrected chi connectivity index (χ2v) is 14.7. The molecule has 8 nitrogen and oxygen atoms in total. The highest BCUT2D eigenvalue weighted by Crippen LogP contribution is 2.44. The molecule has 0 aromatic heterocycles. The molecule has 4 unspecified atom stereocenters. The highest BCUT2D eigenvalue weighted by Gasteiger charge is 2.43. The zero-order valence-electron chi connectivity index (χ0n) is 23.8. The van der Waals surface area contributed by atoms with Crippen LogP contribution in [0.3, 0.4) is 0 Å². The molecule has 228 valence electrons. The molecule has 2 saturated heterocycles. The number of carbonyl (C=O) groups is 1. The number of sulfonamides is 1. The summed E-state index contributed by atoms with van der Waals surface area (Å²) in [6.45, 7) is 0.819. The van der Waals surface area contributed by atoms with E-state index in [1.807, 2.05) is 24.3 Å². The number of fused-ring (bicyclic) bond motifs is 1.